The summed E-state index contributed by atoms with van der Waals surface area (Å²) in [6.07, 6.45) is 4.12. The number of rotatable bonds is 8. The van der Waals surface area contributed by atoms with E-state index in [1.807, 2.05) is 6.92 Å². The fraction of sp³-hybridized carbons (Fsp3) is 0.500. The van der Waals surface area contributed by atoms with Crippen molar-refractivity contribution in [1.82, 2.24) is 15.6 Å². The number of aliphatic imine (C=N–C) groups is 1. The van der Waals surface area contributed by atoms with E-state index in [2.05, 4.69) is 25.9 Å². The van der Waals surface area contributed by atoms with E-state index in [4.69, 9.17) is 4.74 Å². The van der Waals surface area contributed by atoms with Crippen LogP contribution in [-0.4, -0.2) is 50.2 Å². The van der Waals surface area contributed by atoms with Crippen molar-refractivity contribution in [2.75, 3.05) is 38.7 Å². The van der Waals surface area contributed by atoms with Gasteiger partial charge >= 0.3 is 0 Å². The zero-order valence-electron chi connectivity index (χ0n) is 13.0. The normalized spacial score (nSPS) is 10.5. The summed E-state index contributed by atoms with van der Waals surface area (Å²) >= 11 is 0. The lowest BCUT2D eigenvalue weighted by Gasteiger charge is -2.11. The number of halogens is 1. The summed E-state index contributed by atoms with van der Waals surface area (Å²) in [5, 5.41) is 8.96. The maximum Gasteiger partial charge on any atom is 0.246 e. The van der Waals surface area contributed by atoms with Gasteiger partial charge in [-0.05, 0) is 25.5 Å². The lowest BCUT2D eigenvalue weighted by molar-refractivity contribution is -0.114. The molecule has 1 heterocycles. The Morgan fingerprint density at radius 3 is 2.86 bits per heavy atom. The van der Waals surface area contributed by atoms with E-state index in [1.54, 1.807) is 31.6 Å². The molecule has 0 fully saturated rings. The maximum atomic E-state index is 11.8. The van der Waals surface area contributed by atoms with E-state index >= 15 is 0 Å². The summed E-state index contributed by atoms with van der Waals surface area (Å²) in [6, 6.07) is 3.54. The van der Waals surface area contributed by atoms with E-state index in [1.165, 1.54) is 0 Å². The molecule has 0 saturated carbocycles. The third-order valence-electron chi connectivity index (χ3n) is 2.49. The fourth-order valence-corrected chi connectivity index (χ4v) is 1.55. The Morgan fingerprint density at radius 1 is 1.41 bits per heavy atom. The van der Waals surface area contributed by atoms with Crippen LogP contribution < -0.4 is 16.0 Å². The minimum absolute atomic E-state index is 0. The van der Waals surface area contributed by atoms with Crippen LogP contribution >= 0.6 is 24.0 Å². The first-order chi connectivity index (χ1) is 10.3. The van der Waals surface area contributed by atoms with E-state index in [-0.39, 0.29) is 36.4 Å². The lowest BCUT2D eigenvalue weighted by atomic mass is 10.4. The number of aromatic nitrogens is 1. The van der Waals surface area contributed by atoms with Gasteiger partial charge in [0.05, 0.1) is 11.9 Å². The minimum atomic E-state index is -0.183. The van der Waals surface area contributed by atoms with E-state index in [0.717, 1.165) is 19.5 Å². The van der Waals surface area contributed by atoms with Crippen LogP contribution in [0.5, 0.6) is 0 Å². The Hall–Kier alpha value is -1.42. The number of carbonyl (C=O) groups excluding carboxylic acids is 1. The van der Waals surface area contributed by atoms with Crippen molar-refractivity contribution in [3.8, 4) is 0 Å². The number of hydrogen-bond donors (Lipinski definition) is 3. The van der Waals surface area contributed by atoms with Crippen molar-refractivity contribution in [3.05, 3.63) is 24.5 Å². The second-order valence-electron chi connectivity index (χ2n) is 4.26. The monoisotopic (exact) mass is 421 g/mol. The van der Waals surface area contributed by atoms with Crippen LogP contribution in [0.4, 0.5) is 5.69 Å². The molecule has 7 nitrogen and oxygen atoms in total. The molecule has 8 heteroatoms. The molecule has 1 amide bonds. The fourth-order valence-electron chi connectivity index (χ4n) is 1.55. The van der Waals surface area contributed by atoms with Crippen molar-refractivity contribution < 1.29 is 9.53 Å². The number of nitrogens with zero attached hydrogens (tertiary/aromatic N) is 2. The molecule has 3 N–H and O–H groups in total. The molecule has 1 aromatic rings. The molecule has 0 aliphatic rings. The number of anilines is 1. The predicted molar refractivity (Wildman–Crippen MR) is 98.8 cm³/mol. The van der Waals surface area contributed by atoms with E-state index < -0.39 is 0 Å². The standard InChI is InChI=1S/C14H23N5O2.HI/c1-3-16-14(17-8-5-9-21-2)18-11-13(20)19-12-6-4-7-15-10-12;/h4,6-7,10H,3,5,8-9,11H2,1-2H3,(H,19,20)(H2,16,17,18);1H. The molecule has 22 heavy (non-hydrogen) atoms. The summed E-state index contributed by atoms with van der Waals surface area (Å²) in [6.45, 7) is 4.19. The Morgan fingerprint density at radius 2 is 2.23 bits per heavy atom. The zero-order chi connectivity index (χ0) is 15.3. The number of carbonyl (C=O) groups is 1. The molecule has 0 radical (unpaired) electrons. The molecule has 0 atom stereocenters. The smallest absolute Gasteiger partial charge is 0.246 e. The van der Waals surface area contributed by atoms with Crippen molar-refractivity contribution in [1.29, 1.82) is 0 Å². The molecule has 1 aromatic heterocycles. The SMILES string of the molecule is CCNC(=NCC(=O)Nc1cccnc1)NCCCOC.I. The van der Waals surface area contributed by atoms with Gasteiger partial charge in [-0.2, -0.15) is 0 Å². The Bertz CT molecular complexity index is 442. The topological polar surface area (TPSA) is 87.6 Å². The summed E-state index contributed by atoms with van der Waals surface area (Å²) < 4.78 is 4.98. The highest BCUT2D eigenvalue weighted by molar-refractivity contribution is 14.0. The Balaban J connectivity index is 0.00000441. The van der Waals surface area contributed by atoms with Gasteiger partial charge < -0.3 is 20.7 Å². The molecule has 0 unspecified atom stereocenters. The lowest BCUT2D eigenvalue weighted by Crippen LogP contribution is -2.38. The highest BCUT2D eigenvalue weighted by Crippen LogP contribution is 2.01. The van der Waals surface area contributed by atoms with Crippen molar-refractivity contribution in [2.24, 2.45) is 4.99 Å². The van der Waals surface area contributed by atoms with Crippen LogP contribution in [0.25, 0.3) is 0 Å². The Labute approximate surface area is 148 Å². The molecule has 0 aliphatic heterocycles. The van der Waals surface area contributed by atoms with Gasteiger partial charge in [0.1, 0.15) is 6.54 Å². The number of nitrogens with one attached hydrogen (secondary N) is 3. The van der Waals surface area contributed by atoms with Gasteiger partial charge in [0.2, 0.25) is 5.91 Å². The molecule has 0 spiro atoms. The second-order valence-corrected chi connectivity index (χ2v) is 4.26. The van der Waals surface area contributed by atoms with Gasteiger partial charge in [0.15, 0.2) is 5.96 Å². The molecule has 0 aromatic carbocycles. The summed E-state index contributed by atoms with van der Waals surface area (Å²) in [5.41, 5.74) is 0.663. The largest absolute Gasteiger partial charge is 0.385 e. The zero-order valence-corrected chi connectivity index (χ0v) is 15.3. The average molecular weight is 421 g/mol. The highest BCUT2D eigenvalue weighted by Gasteiger charge is 2.02. The highest BCUT2D eigenvalue weighted by atomic mass is 127. The molecule has 0 aliphatic carbocycles. The minimum Gasteiger partial charge on any atom is -0.385 e. The van der Waals surface area contributed by atoms with Gasteiger partial charge in [0, 0.05) is 33.0 Å². The number of guanidine groups is 1. The number of pyridine rings is 1. The molecule has 1 rings (SSSR count). The van der Waals surface area contributed by atoms with Gasteiger partial charge in [-0.25, -0.2) is 4.99 Å². The van der Waals surface area contributed by atoms with Crippen LogP contribution in [0.15, 0.2) is 29.5 Å². The predicted octanol–water partition coefficient (Wildman–Crippen LogP) is 1.23. The Kier molecular flexibility index (Phi) is 12.4. The molecule has 0 bridgehead atoms. The first kappa shape index (κ1) is 20.6. The van der Waals surface area contributed by atoms with Crippen molar-refractivity contribution >= 4 is 41.5 Å². The van der Waals surface area contributed by atoms with Crippen molar-refractivity contribution in [3.63, 3.8) is 0 Å². The maximum absolute atomic E-state index is 11.8. The molecular weight excluding hydrogens is 397 g/mol. The van der Waals surface area contributed by atoms with Crippen LogP contribution in [0.2, 0.25) is 0 Å². The number of ether oxygens (including phenoxy) is 1. The first-order valence-electron chi connectivity index (χ1n) is 6.97. The number of amides is 1. The molecule has 0 saturated heterocycles. The third kappa shape index (κ3) is 9.50. The molecule has 124 valence electrons. The quantitative estimate of drug-likeness (QED) is 0.255. The van der Waals surface area contributed by atoms with E-state index in [0.29, 0.717) is 18.3 Å². The summed E-state index contributed by atoms with van der Waals surface area (Å²) in [5.74, 6) is 0.437. The van der Waals surface area contributed by atoms with Crippen LogP contribution in [0.1, 0.15) is 13.3 Å². The van der Waals surface area contributed by atoms with Crippen LogP contribution in [-0.2, 0) is 9.53 Å². The number of methoxy groups -OCH3 is 1. The summed E-state index contributed by atoms with van der Waals surface area (Å²) in [7, 11) is 1.67. The van der Waals surface area contributed by atoms with Gasteiger partial charge in [-0.3, -0.25) is 9.78 Å². The van der Waals surface area contributed by atoms with Crippen molar-refractivity contribution in [2.45, 2.75) is 13.3 Å². The number of hydrogen-bond acceptors (Lipinski definition) is 4. The third-order valence-corrected chi connectivity index (χ3v) is 2.49. The summed E-state index contributed by atoms with van der Waals surface area (Å²) in [4.78, 5) is 19.9. The second kappa shape index (κ2) is 13.3. The average Bonchev–Trinajstić information content (AvgIpc) is 2.50. The first-order valence-corrected chi connectivity index (χ1v) is 6.97. The van der Waals surface area contributed by atoms with Gasteiger partial charge in [0.25, 0.3) is 0 Å². The van der Waals surface area contributed by atoms with Gasteiger partial charge in [-0.1, -0.05) is 0 Å². The van der Waals surface area contributed by atoms with Crippen LogP contribution in [0.3, 0.4) is 0 Å². The van der Waals surface area contributed by atoms with Gasteiger partial charge in [-0.15, -0.1) is 24.0 Å². The molecular formula is C14H24IN5O2. The van der Waals surface area contributed by atoms with Crippen LogP contribution in [0, 0.1) is 0 Å². The van der Waals surface area contributed by atoms with E-state index in [9.17, 15) is 4.79 Å².